The Morgan fingerprint density at radius 2 is 2.21 bits per heavy atom. The molecule has 1 saturated heterocycles. The standard InChI is InChI=1S/C23H25FN4O3S2/c24-17-4-5-20-15(8-17)2-1-3-16(20)11-28-6-7-31-19(12-28)10-26-22(30)14-33-23-27-18(13-32-23)9-21(25)29/h1-5,8,13,19H,6-7,9-12,14H2,(H2,25,29)(H,26,30). The summed E-state index contributed by atoms with van der Waals surface area (Å²) in [4.78, 5) is 29.8. The highest BCUT2D eigenvalue weighted by molar-refractivity contribution is 8.01. The van der Waals surface area contributed by atoms with E-state index in [9.17, 15) is 14.0 Å². The Hall–Kier alpha value is -2.53. The molecule has 3 aromatic rings. The first-order chi connectivity index (χ1) is 16.0. The van der Waals surface area contributed by atoms with Crippen molar-refractivity contribution in [1.82, 2.24) is 15.2 Å². The van der Waals surface area contributed by atoms with E-state index in [0.717, 1.165) is 33.8 Å². The summed E-state index contributed by atoms with van der Waals surface area (Å²) in [6, 6.07) is 10.8. The van der Waals surface area contributed by atoms with Crippen molar-refractivity contribution in [3.8, 4) is 0 Å². The van der Waals surface area contributed by atoms with Gasteiger partial charge in [-0.05, 0) is 28.5 Å². The van der Waals surface area contributed by atoms with E-state index in [1.165, 1.54) is 29.2 Å². The highest BCUT2D eigenvalue weighted by Crippen LogP contribution is 2.23. The second-order valence-electron chi connectivity index (χ2n) is 7.85. The average molecular weight is 489 g/mol. The number of primary amides is 1. The molecule has 1 atom stereocenters. The van der Waals surface area contributed by atoms with Crippen LogP contribution in [0.15, 0.2) is 46.1 Å². The summed E-state index contributed by atoms with van der Waals surface area (Å²) in [5.41, 5.74) is 6.95. The number of aromatic nitrogens is 1. The lowest BCUT2D eigenvalue weighted by molar-refractivity contribution is -0.120. The molecular weight excluding hydrogens is 463 g/mol. The molecule has 1 unspecified atom stereocenters. The maximum absolute atomic E-state index is 13.5. The van der Waals surface area contributed by atoms with Crippen molar-refractivity contribution in [2.24, 2.45) is 5.73 Å². The molecule has 4 rings (SSSR count). The molecule has 2 aromatic carbocycles. The predicted octanol–water partition coefficient (Wildman–Crippen LogP) is 2.57. The maximum Gasteiger partial charge on any atom is 0.230 e. The van der Waals surface area contributed by atoms with E-state index in [1.807, 2.05) is 18.2 Å². The molecule has 0 aliphatic carbocycles. The fourth-order valence-corrected chi connectivity index (χ4v) is 5.44. The number of morpholine rings is 1. The Labute approximate surface area is 199 Å². The van der Waals surface area contributed by atoms with Gasteiger partial charge in [-0.3, -0.25) is 14.5 Å². The average Bonchev–Trinajstić information content (AvgIpc) is 3.23. The zero-order chi connectivity index (χ0) is 23.2. The van der Waals surface area contributed by atoms with Crippen LogP contribution in [0.25, 0.3) is 10.8 Å². The number of halogens is 1. The Morgan fingerprint density at radius 3 is 3.06 bits per heavy atom. The third-order valence-electron chi connectivity index (χ3n) is 5.29. The fourth-order valence-electron chi connectivity index (χ4n) is 3.77. The Morgan fingerprint density at radius 1 is 1.33 bits per heavy atom. The molecule has 0 saturated carbocycles. The van der Waals surface area contributed by atoms with Crippen molar-refractivity contribution in [1.29, 1.82) is 0 Å². The molecule has 3 N–H and O–H groups in total. The zero-order valence-corrected chi connectivity index (χ0v) is 19.6. The molecule has 2 amide bonds. The van der Waals surface area contributed by atoms with Crippen LogP contribution >= 0.6 is 23.1 Å². The van der Waals surface area contributed by atoms with Gasteiger partial charge in [0.15, 0.2) is 4.34 Å². The summed E-state index contributed by atoms with van der Waals surface area (Å²) in [6.45, 7) is 3.27. The summed E-state index contributed by atoms with van der Waals surface area (Å²) >= 11 is 2.73. The number of hydrogen-bond donors (Lipinski definition) is 2. The van der Waals surface area contributed by atoms with Crippen molar-refractivity contribution in [2.45, 2.75) is 23.4 Å². The van der Waals surface area contributed by atoms with Crippen LogP contribution < -0.4 is 11.1 Å². The molecule has 174 valence electrons. The van der Waals surface area contributed by atoms with Crippen LogP contribution in [0.4, 0.5) is 4.39 Å². The number of carbonyl (C=O) groups excluding carboxylic acids is 2. The number of benzene rings is 2. The van der Waals surface area contributed by atoms with E-state index in [1.54, 1.807) is 11.4 Å². The summed E-state index contributed by atoms with van der Waals surface area (Å²) < 4.78 is 20.1. The smallest absolute Gasteiger partial charge is 0.230 e. The zero-order valence-electron chi connectivity index (χ0n) is 18.0. The summed E-state index contributed by atoms with van der Waals surface area (Å²) in [5, 5.41) is 6.65. The Bertz CT molecular complexity index is 1140. The number of ether oxygens (including phenoxy) is 1. The van der Waals surface area contributed by atoms with Crippen molar-refractivity contribution >= 4 is 45.7 Å². The van der Waals surface area contributed by atoms with E-state index < -0.39 is 5.91 Å². The molecule has 0 radical (unpaired) electrons. The number of hydrogen-bond acceptors (Lipinski definition) is 7. The quantitative estimate of drug-likeness (QED) is 0.450. The van der Waals surface area contributed by atoms with Crippen LogP contribution in [-0.2, 0) is 27.3 Å². The first kappa shape index (κ1) is 23.6. The SMILES string of the molecule is NC(=O)Cc1csc(SCC(=O)NCC2CN(Cc3cccc4cc(F)ccc34)CCO2)n1. The van der Waals surface area contributed by atoms with Crippen LogP contribution in [0.3, 0.4) is 0 Å². The molecule has 10 heteroatoms. The maximum atomic E-state index is 13.5. The van der Waals surface area contributed by atoms with Gasteiger partial charge in [-0.25, -0.2) is 9.37 Å². The van der Waals surface area contributed by atoms with E-state index >= 15 is 0 Å². The highest BCUT2D eigenvalue weighted by Gasteiger charge is 2.22. The number of thiazole rings is 1. The lowest BCUT2D eigenvalue weighted by Gasteiger charge is -2.33. The number of thioether (sulfide) groups is 1. The van der Waals surface area contributed by atoms with Gasteiger partial charge in [0.2, 0.25) is 11.8 Å². The molecule has 1 aromatic heterocycles. The highest BCUT2D eigenvalue weighted by atomic mass is 32.2. The van der Waals surface area contributed by atoms with Crippen molar-refractivity contribution in [2.75, 3.05) is 32.0 Å². The molecule has 1 fully saturated rings. The molecule has 1 aliphatic heterocycles. The minimum absolute atomic E-state index is 0.0940. The van der Waals surface area contributed by atoms with Crippen molar-refractivity contribution < 1.29 is 18.7 Å². The van der Waals surface area contributed by atoms with Crippen LogP contribution in [0, 0.1) is 5.82 Å². The van der Waals surface area contributed by atoms with Gasteiger partial charge >= 0.3 is 0 Å². The second-order valence-corrected chi connectivity index (χ2v) is 9.93. The Kier molecular flexibility index (Phi) is 7.92. The van der Waals surface area contributed by atoms with Gasteiger partial charge in [0.25, 0.3) is 0 Å². The fraction of sp³-hybridized carbons (Fsp3) is 0.348. The number of fused-ring (bicyclic) bond motifs is 1. The van der Waals surface area contributed by atoms with Crippen LogP contribution in [0.5, 0.6) is 0 Å². The summed E-state index contributed by atoms with van der Waals surface area (Å²) in [7, 11) is 0. The minimum atomic E-state index is -0.425. The van der Waals surface area contributed by atoms with E-state index in [4.69, 9.17) is 10.5 Å². The van der Waals surface area contributed by atoms with Crippen molar-refractivity contribution in [3.05, 3.63) is 58.9 Å². The first-order valence-corrected chi connectivity index (χ1v) is 12.5. The number of rotatable bonds is 9. The molecule has 33 heavy (non-hydrogen) atoms. The molecule has 1 aliphatic rings. The summed E-state index contributed by atoms with van der Waals surface area (Å²) in [6.07, 6.45) is 0.0104. The van der Waals surface area contributed by atoms with E-state index in [2.05, 4.69) is 21.3 Å². The summed E-state index contributed by atoms with van der Waals surface area (Å²) in [5.74, 6) is -0.512. The lowest BCUT2D eigenvalue weighted by Crippen LogP contribution is -2.47. The topological polar surface area (TPSA) is 97.5 Å². The normalized spacial score (nSPS) is 16.7. The number of nitrogens with one attached hydrogen (secondary N) is 1. The van der Waals surface area contributed by atoms with Crippen LogP contribution in [0.1, 0.15) is 11.3 Å². The van der Waals surface area contributed by atoms with Gasteiger partial charge in [-0.15, -0.1) is 11.3 Å². The van der Waals surface area contributed by atoms with Gasteiger partial charge in [0.05, 0.1) is 30.6 Å². The third-order valence-corrected chi connectivity index (χ3v) is 7.36. The van der Waals surface area contributed by atoms with Gasteiger partial charge in [-0.2, -0.15) is 0 Å². The molecule has 0 bridgehead atoms. The van der Waals surface area contributed by atoms with E-state index in [-0.39, 0.29) is 30.0 Å². The number of carbonyl (C=O) groups is 2. The van der Waals surface area contributed by atoms with Crippen LogP contribution in [0.2, 0.25) is 0 Å². The largest absolute Gasteiger partial charge is 0.374 e. The lowest BCUT2D eigenvalue weighted by atomic mass is 10.0. The number of amides is 2. The molecular formula is C23H25FN4O3S2. The van der Waals surface area contributed by atoms with E-state index in [0.29, 0.717) is 25.4 Å². The number of nitrogens with two attached hydrogens (primary N) is 1. The molecule has 7 nitrogen and oxygen atoms in total. The molecule has 2 heterocycles. The predicted molar refractivity (Wildman–Crippen MR) is 128 cm³/mol. The molecule has 0 spiro atoms. The van der Waals surface area contributed by atoms with Gasteiger partial charge < -0.3 is 15.8 Å². The van der Waals surface area contributed by atoms with Crippen LogP contribution in [-0.4, -0.2) is 59.8 Å². The minimum Gasteiger partial charge on any atom is -0.374 e. The third kappa shape index (κ3) is 6.73. The van der Waals surface area contributed by atoms with Gasteiger partial charge in [0.1, 0.15) is 5.82 Å². The Balaban J connectivity index is 1.24. The second kappa shape index (κ2) is 11.1. The van der Waals surface area contributed by atoms with Gasteiger partial charge in [0, 0.05) is 31.6 Å². The monoisotopic (exact) mass is 488 g/mol. The van der Waals surface area contributed by atoms with Gasteiger partial charge in [-0.1, -0.05) is 36.0 Å². The first-order valence-electron chi connectivity index (χ1n) is 10.6. The number of nitrogens with zero attached hydrogens (tertiary/aromatic N) is 2. The van der Waals surface area contributed by atoms with Crippen molar-refractivity contribution in [3.63, 3.8) is 0 Å².